The second-order valence-electron chi connectivity index (χ2n) is 6.20. The van der Waals surface area contributed by atoms with Crippen LogP contribution in [0.4, 0.5) is 10.5 Å². The van der Waals surface area contributed by atoms with Gasteiger partial charge in [0.15, 0.2) is 11.5 Å². The van der Waals surface area contributed by atoms with Crippen molar-refractivity contribution in [1.29, 1.82) is 5.26 Å². The highest BCUT2D eigenvalue weighted by atomic mass is 16.3. The van der Waals surface area contributed by atoms with Gasteiger partial charge in [0.25, 0.3) is 0 Å². The van der Waals surface area contributed by atoms with E-state index in [1.165, 1.54) is 4.90 Å². The molecule has 2 aromatic carbocycles. The van der Waals surface area contributed by atoms with E-state index in [4.69, 9.17) is 9.68 Å². The Kier molecular flexibility index (Phi) is 5.18. The van der Waals surface area contributed by atoms with E-state index in [9.17, 15) is 4.79 Å². The lowest BCUT2D eigenvalue weighted by atomic mass is 10.1. The number of urea groups is 1. The number of fused-ring (bicyclic) bond motifs is 1. The van der Waals surface area contributed by atoms with Gasteiger partial charge < -0.3 is 14.6 Å². The number of rotatable bonds is 5. The van der Waals surface area contributed by atoms with E-state index >= 15 is 0 Å². The van der Waals surface area contributed by atoms with Crippen molar-refractivity contribution in [2.24, 2.45) is 0 Å². The van der Waals surface area contributed by atoms with Crippen LogP contribution in [-0.2, 0) is 6.42 Å². The third kappa shape index (κ3) is 4.01. The number of anilines is 1. The van der Waals surface area contributed by atoms with Crippen molar-refractivity contribution in [2.45, 2.75) is 25.8 Å². The number of amides is 2. The smallest absolute Gasteiger partial charge is 0.321 e. The Labute approximate surface area is 152 Å². The van der Waals surface area contributed by atoms with E-state index in [2.05, 4.69) is 16.4 Å². The SMILES string of the molecule is CC(CC#N)N(C)C(=O)Nc1ccc2nc(Cc3ccccc3)oc2c1. The zero-order valence-corrected chi connectivity index (χ0v) is 14.8. The molecule has 0 fully saturated rings. The molecule has 1 N–H and O–H groups in total. The van der Waals surface area contributed by atoms with Crippen LogP contribution in [0.2, 0.25) is 0 Å². The summed E-state index contributed by atoms with van der Waals surface area (Å²) < 4.78 is 5.82. The van der Waals surface area contributed by atoms with Gasteiger partial charge in [0.1, 0.15) is 5.52 Å². The number of carbonyl (C=O) groups is 1. The van der Waals surface area contributed by atoms with Crippen LogP contribution in [0.1, 0.15) is 24.8 Å². The van der Waals surface area contributed by atoms with Crippen LogP contribution in [0.5, 0.6) is 0 Å². The van der Waals surface area contributed by atoms with Crippen molar-refractivity contribution >= 4 is 22.8 Å². The zero-order chi connectivity index (χ0) is 18.5. The van der Waals surface area contributed by atoms with E-state index in [1.807, 2.05) is 43.3 Å². The van der Waals surface area contributed by atoms with E-state index < -0.39 is 0 Å². The van der Waals surface area contributed by atoms with Crippen LogP contribution in [0.15, 0.2) is 52.9 Å². The van der Waals surface area contributed by atoms with Crippen molar-refractivity contribution in [2.75, 3.05) is 12.4 Å². The quantitative estimate of drug-likeness (QED) is 0.750. The summed E-state index contributed by atoms with van der Waals surface area (Å²) in [6.45, 7) is 1.83. The van der Waals surface area contributed by atoms with Gasteiger partial charge in [-0.2, -0.15) is 5.26 Å². The van der Waals surface area contributed by atoms with E-state index in [1.54, 1.807) is 19.2 Å². The second kappa shape index (κ2) is 7.70. The second-order valence-corrected chi connectivity index (χ2v) is 6.20. The standard InChI is InChI=1S/C20H20N4O2/c1-14(10-11-21)24(2)20(25)22-16-8-9-17-18(13-16)26-19(23-17)12-15-6-4-3-5-7-15/h3-9,13-14H,10,12H2,1-2H3,(H,22,25). The number of nitrogens with zero attached hydrogens (tertiary/aromatic N) is 3. The first-order valence-electron chi connectivity index (χ1n) is 8.41. The molecular formula is C20H20N4O2. The molecule has 3 rings (SSSR count). The third-order valence-corrected chi connectivity index (χ3v) is 4.25. The van der Waals surface area contributed by atoms with E-state index in [-0.39, 0.29) is 18.5 Å². The average molecular weight is 348 g/mol. The van der Waals surface area contributed by atoms with Gasteiger partial charge in [0.2, 0.25) is 0 Å². The molecule has 0 saturated heterocycles. The molecule has 0 aliphatic carbocycles. The number of benzene rings is 2. The van der Waals surface area contributed by atoms with E-state index in [0.717, 1.165) is 11.1 Å². The van der Waals surface area contributed by atoms with Gasteiger partial charge in [-0.1, -0.05) is 30.3 Å². The Hall–Kier alpha value is -3.33. The first kappa shape index (κ1) is 17.5. The molecule has 0 aliphatic heterocycles. The lowest BCUT2D eigenvalue weighted by Crippen LogP contribution is -2.38. The highest BCUT2D eigenvalue weighted by Crippen LogP contribution is 2.22. The minimum absolute atomic E-state index is 0.161. The molecule has 6 heteroatoms. The fraction of sp³-hybridized carbons (Fsp3) is 0.250. The van der Waals surface area contributed by atoms with Gasteiger partial charge in [-0.15, -0.1) is 0 Å². The highest BCUT2D eigenvalue weighted by Gasteiger charge is 2.16. The number of carbonyl (C=O) groups excluding carboxylic acids is 1. The fourth-order valence-electron chi connectivity index (χ4n) is 2.58. The van der Waals surface area contributed by atoms with Crippen molar-refractivity contribution in [1.82, 2.24) is 9.88 Å². The first-order chi connectivity index (χ1) is 12.6. The zero-order valence-electron chi connectivity index (χ0n) is 14.8. The highest BCUT2D eigenvalue weighted by molar-refractivity contribution is 5.91. The maximum Gasteiger partial charge on any atom is 0.321 e. The van der Waals surface area contributed by atoms with Gasteiger partial charge >= 0.3 is 6.03 Å². The van der Waals surface area contributed by atoms with Crippen molar-refractivity contribution in [3.8, 4) is 6.07 Å². The lowest BCUT2D eigenvalue weighted by Gasteiger charge is -2.23. The normalized spacial score (nSPS) is 11.7. The molecule has 1 heterocycles. The molecule has 1 unspecified atom stereocenters. The Morgan fingerprint density at radius 1 is 1.31 bits per heavy atom. The number of nitrogens with one attached hydrogen (secondary N) is 1. The minimum atomic E-state index is -0.267. The summed E-state index contributed by atoms with van der Waals surface area (Å²) in [5.74, 6) is 0.634. The van der Waals surface area contributed by atoms with Crippen LogP contribution in [0.25, 0.3) is 11.1 Å². The molecule has 0 radical (unpaired) electrons. The summed E-state index contributed by atoms with van der Waals surface area (Å²) >= 11 is 0. The van der Waals surface area contributed by atoms with Gasteiger partial charge in [-0.3, -0.25) is 0 Å². The predicted octanol–water partition coefficient (Wildman–Crippen LogP) is 4.18. The number of nitriles is 1. The lowest BCUT2D eigenvalue weighted by molar-refractivity contribution is 0.208. The minimum Gasteiger partial charge on any atom is -0.440 e. The summed E-state index contributed by atoms with van der Waals surface area (Å²) in [6.07, 6.45) is 0.902. The molecule has 1 aromatic heterocycles. The summed E-state index contributed by atoms with van der Waals surface area (Å²) in [4.78, 5) is 18.3. The maximum atomic E-state index is 12.3. The largest absolute Gasteiger partial charge is 0.440 e. The number of hydrogen-bond acceptors (Lipinski definition) is 4. The number of hydrogen-bond donors (Lipinski definition) is 1. The number of aromatic nitrogens is 1. The predicted molar refractivity (Wildman–Crippen MR) is 99.7 cm³/mol. The molecule has 0 spiro atoms. The summed E-state index contributed by atoms with van der Waals surface area (Å²) in [7, 11) is 1.67. The number of oxazole rings is 1. The van der Waals surface area contributed by atoms with Crippen molar-refractivity contribution in [3.05, 3.63) is 60.0 Å². The third-order valence-electron chi connectivity index (χ3n) is 4.25. The van der Waals surface area contributed by atoms with E-state index in [0.29, 0.717) is 23.6 Å². The van der Waals surface area contributed by atoms with Gasteiger partial charge in [-0.25, -0.2) is 9.78 Å². The Morgan fingerprint density at radius 3 is 2.81 bits per heavy atom. The van der Waals surface area contributed by atoms with Crippen LogP contribution < -0.4 is 5.32 Å². The topological polar surface area (TPSA) is 82.2 Å². The molecule has 1 atom stereocenters. The fourth-order valence-corrected chi connectivity index (χ4v) is 2.58. The van der Waals surface area contributed by atoms with Gasteiger partial charge in [0.05, 0.1) is 12.5 Å². The molecule has 0 bridgehead atoms. The molecule has 0 saturated carbocycles. The van der Waals surface area contributed by atoms with Gasteiger partial charge in [-0.05, 0) is 24.6 Å². The molecule has 6 nitrogen and oxygen atoms in total. The molecule has 2 amide bonds. The van der Waals surface area contributed by atoms with Crippen LogP contribution in [-0.4, -0.2) is 29.0 Å². The average Bonchev–Trinajstić information content (AvgIpc) is 3.03. The van der Waals surface area contributed by atoms with Crippen molar-refractivity contribution < 1.29 is 9.21 Å². The van der Waals surface area contributed by atoms with Crippen LogP contribution in [0, 0.1) is 11.3 Å². The van der Waals surface area contributed by atoms with Crippen LogP contribution in [0.3, 0.4) is 0 Å². The molecule has 132 valence electrons. The Bertz CT molecular complexity index is 943. The maximum absolute atomic E-state index is 12.3. The van der Waals surface area contributed by atoms with Gasteiger partial charge in [0, 0.05) is 31.3 Å². The van der Waals surface area contributed by atoms with Crippen LogP contribution >= 0.6 is 0 Å². The molecular weight excluding hydrogens is 328 g/mol. The first-order valence-corrected chi connectivity index (χ1v) is 8.41. The Morgan fingerprint density at radius 2 is 2.08 bits per heavy atom. The molecule has 3 aromatic rings. The summed E-state index contributed by atoms with van der Waals surface area (Å²) in [5.41, 5.74) is 3.13. The monoisotopic (exact) mass is 348 g/mol. The Balaban J connectivity index is 1.73. The summed E-state index contributed by atoms with van der Waals surface area (Å²) in [6, 6.07) is 17.0. The molecule has 26 heavy (non-hydrogen) atoms. The molecule has 0 aliphatic rings. The van der Waals surface area contributed by atoms with Crippen molar-refractivity contribution in [3.63, 3.8) is 0 Å². The summed E-state index contributed by atoms with van der Waals surface area (Å²) in [5, 5.41) is 11.6.